The van der Waals surface area contributed by atoms with Crippen LogP contribution in [0.3, 0.4) is 0 Å². The second-order valence-corrected chi connectivity index (χ2v) is 5.57. The van der Waals surface area contributed by atoms with Crippen molar-refractivity contribution in [3.05, 3.63) is 65.7 Å². The molecule has 0 unspecified atom stereocenters. The molecule has 0 spiro atoms. The number of carbonyl (C=O) groups excluding carboxylic acids is 2. The lowest BCUT2D eigenvalue weighted by atomic mass is 10.0. The fourth-order valence-electron chi connectivity index (χ4n) is 2.12. The number of nitriles is 1. The highest BCUT2D eigenvalue weighted by Gasteiger charge is 2.14. The van der Waals surface area contributed by atoms with Crippen molar-refractivity contribution in [3.8, 4) is 17.2 Å². The summed E-state index contributed by atoms with van der Waals surface area (Å²) in [6.07, 6.45) is 0.195. The number of benzene rings is 2. The Bertz CT molecular complexity index is 816. The standard InChI is InChI=1S/C20H18N2O3/c1-14(2)25-20(24)22-19(23)18(13-21)12-15-8-10-17(11-9-15)16-6-4-3-5-7-16/h3-12,14H,1-2H3,(H,22,23,24)/b18-12+. The number of amides is 2. The minimum atomic E-state index is -0.874. The Hall–Kier alpha value is -3.39. The van der Waals surface area contributed by atoms with E-state index in [1.165, 1.54) is 6.08 Å². The third-order valence-electron chi connectivity index (χ3n) is 3.25. The Morgan fingerprint density at radius 2 is 1.64 bits per heavy atom. The van der Waals surface area contributed by atoms with E-state index in [1.54, 1.807) is 32.0 Å². The van der Waals surface area contributed by atoms with Crippen molar-refractivity contribution in [2.45, 2.75) is 20.0 Å². The number of nitrogens with zero attached hydrogens (tertiary/aromatic N) is 1. The molecule has 2 aromatic rings. The maximum absolute atomic E-state index is 12.0. The number of ether oxygens (including phenoxy) is 1. The van der Waals surface area contributed by atoms with E-state index in [-0.39, 0.29) is 11.7 Å². The summed E-state index contributed by atoms with van der Waals surface area (Å²) in [6, 6.07) is 19.1. The van der Waals surface area contributed by atoms with Crippen molar-refractivity contribution in [1.29, 1.82) is 5.26 Å². The maximum atomic E-state index is 12.0. The molecular formula is C20H18N2O3. The molecule has 0 aliphatic rings. The van der Waals surface area contributed by atoms with Gasteiger partial charge in [0.2, 0.25) is 0 Å². The van der Waals surface area contributed by atoms with Gasteiger partial charge in [-0.05, 0) is 36.6 Å². The summed E-state index contributed by atoms with van der Waals surface area (Å²) in [6.45, 7) is 3.33. The second kappa shape index (κ2) is 8.46. The Morgan fingerprint density at radius 3 is 2.20 bits per heavy atom. The van der Waals surface area contributed by atoms with Gasteiger partial charge in [0.1, 0.15) is 11.6 Å². The van der Waals surface area contributed by atoms with Crippen LogP contribution in [0.15, 0.2) is 60.2 Å². The highest BCUT2D eigenvalue weighted by molar-refractivity contribution is 6.07. The number of imide groups is 1. The van der Waals surface area contributed by atoms with E-state index in [1.807, 2.05) is 47.8 Å². The number of rotatable bonds is 4. The Balaban J connectivity index is 2.13. The average molecular weight is 334 g/mol. The molecule has 126 valence electrons. The van der Waals surface area contributed by atoms with Gasteiger partial charge >= 0.3 is 6.09 Å². The molecule has 1 N–H and O–H groups in total. The number of hydrogen-bond acceptors (Lipinski definition) is 4. The summed E-state index contributed by atoms with van der Waals surface area (Å²) in [7, 11) is 0. The lowest BCUT2D eigenvalue weighted by Gasteiger charge is -2.08. The molecule has 2 amide bonds. The first-order valence-electron chi connectivity index (χ1n) is 7.79. The van der Waals surface area contributed by atoms with Gasteiger partial charge in [-0.3, -0.25) is 10.1 Å². The molecule has 0 saturated heterocycles. The van der Waals surface area contributed by atoms with Crippen LogP contribution in [-0.2, 0) is 9.53 Å². The fraction of sp³-hybridized carbons (Fsp3) is 0.150. The summed E-state index contributed by atoms with van der Waals surface area (Å²) in [5, 5.41) is 11.2. The molecule has 0 aliphatic carbocycles. The first-order valence-corrected chi connectivity index (χ1v) is 7.79. The molecular weight excluding hydrogens is 316 g/mol. The molecule has 2 rings (SSSR count). The number of hydrogen-bond donors (Lipinski definition) is 1. The molecule has 5 heteroatoms. The summed E-state index contributed by atoms with van der Waals surface area (Å²) < 4.78 is 4.82. The molecule has 0 radical (unpaired) electrons. The van der Waals surface area contributed by atoms with Gasteiger partial charge in [0.05, 0.1) is 6.10 Å². The van der Waals surface area contributed by atoms with E-state index in [9.17, 15) is 9.59 Å². The minimum absolute atomic E-state index is 0.173. The summed E-state index contributed by atoms with van der Waals surface area (Å²) >= 11 is 0. The third kappa shape index (κ3) is 5.33. The van der Waals surface area contributed by atoms with Gasteiger partial charge < -0.3 is 4.74 Å². The van der Waals surface area contributed by atoms with Crippen LogP contribution in [0.25, 0.3) is 17.2 Å². The molecule has 2 aromatic carbocycles. The minimum Gasteiger partial charge on any atom is -0.447 e. The molecule has 25 heavy (non-hydrogen) atoms. The van der Waals surface area contributed by atoms with Gasteiger partial charge in [-0.1, -0.05) is 54.6 Å². The van der Waals surface area contributed by atoms with Crippen LogP contribution in [0.5, 0.6) is 0 Å². The molecule has 5 nitrogen and oxygen atoms in total. The SMILES string of the molecule is CC(C)OC(=O)NC(=O)/C(C#N)=C/c1ccc(-c2ccccc2)cc1. The van der Waals surface area contributed by atoms with Crippen LogP contribution in [0, 0.1) is 11.3 Å². The van der Waals surface area contributed by atoms with Gasteiger partial charge in [-0.25, -0.2) is 4.79 Å². The summed E-state index contributed by atoms with van der Waals surface area (Å²) in [5.41, 5.74) is 2.62. The Kier molecular flexibility index (Phi) is 6.08. The largest absolute Gasteiger partial charge is 0.447 e. The summed E-state index contributed by atoms with van der Waals surface area (Å²) in [4.78, 5) is 23.4. The first kappa shape index (κ1) is 18.0. The lowest BCUT2D eigenvalue weighted by Crippen LogP contribution is -2.33. The highest BCUT2D eigenvalue weighted by atomic mass is 16.6. The van der Waals surface area contributed by atoms with Crippen LogP contribution in [0.1, 0.15) is 19.4 Å². The zero-order valence-corrected chi connectivity index (χ0v) is 14.0. The quantitative estimate of drug-likeness (QED) is 0.679. The van der Waals surface area contributed by atoms with Crippen molar-refractivity contribution in [3.63, 3.8) is 0 Å². The molecule has 0 saturated carbocycles. The van der Waals surface area contributed by atoms with Gasteiger partial charge in [0, 0.05) is 0 Å². The van der Waals surface area contributed by atoms with Crippen molar-refractivity contribution in [1.82, 2.24) is 5.32 Å². The van der Waals surface area contributed by atoms with Crippen LogP contribution in [-0.4, -0.2) is 18.1 Å². The predicted octanol–water partition coefficient (Wildman–Crippen LogP) is 3.92. The third-order valence-corrected chi connectivity index (χ3v) is 3.25. The molecule has 0 aromatic heterocycles. The second-order valence-electron chi connectivity index (χ2n) is 5.57. The van der Waals surface area contributed by atoms with Gasteiger partial charge in [-0.2, -0.15) is 5.26 Å². The van der Waals surface area contributed by atoms with Crippen molar-refractivity contribution < 1.29 is 14.3 Å². The van der Waals surface area contributed by atoms with Crippen molar-refractivity contribution >= 4 is 18.1 Å². The predicted molar refractivity (Wildman–Crippen MR) is 95.2 cm³/mol. The number of carbonyl (C=O) groups is 2. The lowest BCUT2D eigenvalue weighted by molar-refractivity contribution is -0.116. The molecule has 0 heterocycles. The van der Waals surface area contributed by atoms with Crippen LogP contribution >= 0.6 is 0 Å². The number of alkyl carbamates (subject to hydrolysis) is 1. The summed E-state index contributed by atoms with van der Waals surface area (Å²) in [5.74, 6) is -0.791. The Labute approximate surface area is 146 Å². The molecule has 0 fully saturated rings. The van der Waals surface area contributed by atoms with Crippen LogP contribution in [0.4, 0.5) is 4.79 Å². The topological polar surface area (TPSA) is 79.2 Å². The van der Waals surface area contributed by atoms with Crippen molar-refractivity contribution in [2.24, 2.45) is 0 Å². The van der Waals surface area contributed by atoms with E-state index >= 15 is 0 Å². The van der Waals surface area contributed by atoms with E-state index in [4.69, 9.17) is 10.00 Å². The zero-order chi connectivity index (χ0) is 18.2. The molecule has 0 aliphatic heterocycles. The maximum Gasteiger partial charge on any atom is 0.414 e. The monoisotopic (exact) mass is 334 g/mol. The van der Waals surface area contributed by atoms with Crippen LogP contribution < -0.4 is 5.32 Å². The first-order chi connectivity index (χ1) is 12.0. The zero-order valence-electron chi connectivity index (χ0n) is 14.0. The Morgan fingerprint density at radius 1 is 1.04 bits per heavy atom. The van der Waals surface area contributed by atoms with E-state index in [0.29, 0.717) is 5.56 Å². The van der Waals surface area contributed by atoms with Gasteiger partial charge in [0.25, 0.3) is 5.91 Å². The average Bonchev–Trinajstić information content (AvgIpc) is 2.60. The highest BCUT2D eigenvalue weighted by Crippen LogP contribution is 2.20. The van der Waals surface area contributed by atoms with E-state index < -0.39 is 12.0 Å². The number of nitrogens with one attached hydrogen (secondary N) is 1. The van der Waals surface area contributed by atoms with Gasteiger partial charge in [0.15, 0.2) is 0 Å². The fourth-order valence-corrected chi connectivity index (χ4v) is 2.12. The van der Waals surface area contributed by atoms with Gasteiger partial charge in [-0.15, -0.1) is 0 Å². The van der Waals surface area contributed by atoms with Crippen molar-refractivity contribution in [2.75, 3.05) is 0 Å². The van der Waals surface area contributed by atoms with Crippen LogP contribution in [0.2, 0.25) is 0 Å². The smallest absolute Gasteiger partial charge is 0.414 e. The molecule has 0 bridgehead atoms. The van der Waals surface area contributed by atoms with E-state index in [0.717, 1.165) is 11.1 Å². The molecule has 0 atom stereocenters. The van der Waals surface area contributed by atoms with E-state index in [2.05, 4.69) is 0 Å². The normalized spacial score (nSPS) is 10.9.